The Hall–Kier alpha value is -2.07. The average molecular weight is 570 g/mol. The van der Waals surface area contributed by atoms with Gasteiger partial charge in [0.1, 0.15) is 5.82 Å². The van der Waals surface area contributed by atoms with E-state index in [9.17, 15) is 4.39 Å². The molecule has 0 spiro atoms. The molecule has 0 saturated heterocycles. The lowest BCUT2D eigenvalue weighted by molar-refractivity contribution is 0.198. The molecule has 8 heteroatoms. The zero-order valence-corrected chi connectivity index (χ0v) is 22.3. The van der Waals surface area contributed by atoms with Gasteiger partial charge < -0.3 is 25.0 Å². The summed E-state index contributed by atoms with van der Waals surface area (Å²) in [5.41, 5.74) is 2.70. The van der Waals surface area contributed by atoms with Gasteiger partial charge in [0.05, 0.1) is 13.2 Å². The maximum Gasteiger partial charge on any atom is 0.191 e. The number of hydrogen-bond acceptors (Lipinski definition) is 4. The van der Waals surface area contributed by atoms with E-state index in [2.05, 4.69) is 15.6 Å². The molecule has 2 aromatic carbocycles. The largest absolute Gasteiger partial charge is 0.493 e. The van der Waals surface area contributed by atoms with Gasteiger partial charge in [-0.15, -0.1) is 24.0 Å². The fourth-order valence-electron chi connectivity index (χ4n) is 3.95. The molecule has 33 heavy (non-hydrogen) atoms. The van der Waals surface area contributed by atoms with Gasteiger partial charge in [0.15, 0.2) is 17.5 Å². The van der Waals surface area contributed by atoms with Crippen LogP contribution in [0.1, 0.15) is 42.4 Å². The lowest BCUT2D eigenvalue weighted by Crippen LogP contribution is -2.36. The second-order valence-corrected chi connectivity index (χ2v) is 8.42. The molecule has 0 aromatic heterocycles. The minimum atomic E-state index is -0.183. The Bertz CT molecular complexity index is 917. The van der Waals surface area contributed by atoms with Gasteiger partial charge in [0, 0.05) is 37.8 Å². The topological polar surface area (TPSA) is 58.1 Å². The van der Waals surface area contributed by atoms with Crippen LogP contribution in [-0.2, 0) is 19.6 Å². The van der Waals surface area contributed by atoms with Crippen LogP contribution in [0.3, 0.4) is 0 Å². The predicted octanol–water partition coefficient (Wildman–Crippen LogP) is 4.70. The number of para-hydroxylation sites is 1. The summed E-state index contributed by atoms with van der Waals surface area (Å²) in [5, 5.41) is 6.66. The molecule has 1 aliphatic carbocycles. The van der Waals surface area contributed by atoms with E-state index in [1.807, 2.05) is 43.3 Å². The maximum atomic E-state index is 14.0. The molecule has 0 heterocycles. The number of nitrogens with zero attached hydrogens (tertiary/aromatic N) is 2. The zero-order valence-electron chi connectivity index (χ0n) is 20.0. The number of guanidine groups is 1. The number of halogens is 2. The lowest BCUT2D eigenvalue weighted by Gasteiger charge is -2.20. The molecular weight excluding hydrogens is 534 g/mol. The predicted molar refractivity (Wildman–Crippen MR) is 142 cm³/mol. The molecule has 182 valence electrons. The summed E-state index contributed by atoms with van der Waals surface area (Å²) in [4.78, 5) is 6.28. The average Bonchev–Trinajstić information content (AvgIpc) is 3.29. The van der Waals surface area contributed by atoms with Gasteiger partial charge >= 0.3 is 0 Å². The molecule has 0 unspecified atom stereocenters. The zero-order chi connectivity index (χ0) is 22.9. The summed E-state index contributed by atoms with van der Waals surface area (Å²) >= 11 is 0. The summed E-state index contributed by atoms with van der Waals surface area (Å²) in [5.74, 6) is 2.03. The number of hydrogen-bond donors (Lipinski definition) is 2. The van der Waals surface area contributed by atoms with Crippen LogP contribution in [0.5, 0.6) is 11.5 Å². The number of benzene rings is 2. The Morgan fingerprint density at radius 1 is 1.09 bits per heavy atom. The fraction of sp³-hybridized carbons (Fsp3) is 0.480. The molecule has 0 atom stereocenters. The van der Waals surface area contributed by atoms with Crippen molar-refractivity contribution in [3.8, 4) is 11.5 Å². The van der Waals surface area contributed by atoms with E-state index in [0.717, 1.165) is 35.5 Å². The number of ether oxygens (including phenoxy) is 2. The molecule has 1 saturated carbocycles. The van der Waals surface area contributed by atoms with Crippen LogP contribution in [0, 0.1) is 5.82 Å². The number of rotatable bonds is 9. The van der Waals surface area contributed by atoms with Gasteiger partial charge in [-0.2, -0.15) is 0 Å². The van der Waals surface area contributed by atoms with Crippen LogP contribution < -0.4 is 20.1 Å². The Labute approximate surface area is 214 Å². The van der Waals surface area contributed by atoms with Crippen molar-refractivity contribution >= 4 is 29.9 Å². The number of nitrogens with one attached hydrogen (secondary N) is 2. The summed E-state index contributed by atoms with van der Waals surface area (Å²) < 4.78 is 25.9. The van der Waals surface area contributed by atoms with Crippen LogP contribution in [0.25, 0.3) is 0 Å². The Morgan fingerprint density at radius 3 is 2.48 bits per heavy atom. The van der Waals surface area contributed by atoms with Crippen molar-refractivity contribution in [1.29, 1.82) is 0 Å². The van der Waals surface area contributed by atoms with Crippen molar-refractivity contribution in [3.63, 3.8) is 0 Å². The van der Waals surface area contributed by atoms with E-state index in [-0.39, 0.29) is 35.9 Å². The molecule has 1 aliphatic rings. The molecule has 0 aliphatic heterocycles. The Morgan fingerprint density at radius 2 is 1.82 bits per heavy atom. The van der Waals surface area contributed by atoms with Gasteiger partial charge in [0.25, 0.3) is 0 Å². The van der Waals surface area contributed by atoms with E-state index in [0.29, 0.717) is 31.2 Å². The van der Waals surface area contributed by atoms with Crippen molar-refractivity contribution in [1.82, 2.24) is 15.5 Å². The van der Waals surface area contributed by atoms with Gasteiger partial charge in [-0.25, -0.2) is 4.39 Å². The minimum Gasteiger partial charge on any atom is -0.493 e. The highest BCUT2D eigenvalue weighted by atomic mass is 127. The van der Waals surface area contributed by atoms with E-state index < -0.39 is 0 Å². The van der Waals surface area contributed by atoms with E-state index >= 15 is 0 Å². The molecule has 0 amide bonds. The summed E-state index contributed by atoms with van der Waals surface area (Å²) in [6.45, 7) is 1.66. The van der Waals surface area contributed by atoms with Crippen LogP contribution in [-0.4, -0.2) is 45.2 Å². The van der Waals surface area contributed by atoms with Crippen LogP contribution in [0.2, 0.25) is 0 Å². The first-order chi connectivity index (χ1) is 15.5. The van der Waals surface area contributed by atoms with Crippen molar-refractivity contribution in [2.45, 2.75) is 51.4 Å². The van der Waals surface area contributed by atoms with Crippen molar-refractivity contribution in [3.05, 3.63) is 58.9 Å². The third kappa shape index (κ3) is 8.03. The van der Waals surface area contributed by atoms with Gasteiger partial charge in [-0.1, -0.05) is 18.2 Å². The van der Waals surface area contributed by atoms with E-state index in [4.69, 9.17) is 9.47 Å². The first kappa shape index (κ1) is 27.2. The quantitative estimate of drug-likeness (QED) is 0.260. The Kier molecular flexibility index (Phi) is 11.2. The highest BCUT2D eigenvalue weighted by molar-refractivity contribution is 14.0. The van der Waals surface area contributed by atoms with Gasteiger partial charge in [-0.3, -0.25) is 4.99 Å². The molecule has 1 fully saturated rings. The summed E-state index contributed by atoms with van der Waals surface area (Å²) in [6, 6.07) is 11.2. The molecule has 0 radical (unpaired) electrons. The van der Waals surface area contributed by atoms with Gasteiger partial charge in [0.2, 0.25) is 0 Å². The van der Waals surface area contributed by atoms with E-state index in [1.165, 1.54) is 18.9 Å². The van der Waals surface area contributed by atoms with Crippen molar-refractivity contribution < 1.29 is 13.9 Å². The third-order valence-electron chi connectivity index (χ3n) is 5.59. The van der Waals surface area contributed by atoms with Crippen molar-refractivity contribution in [2.24, 2.45) is 4.99 Å². The third-order valence-corrected chi connectivity index (χ3v) is 5.59. The molecule has 2 N–H and O–H groups in total. The monoisotopic (exact) mass is 570 g/mol. The van der Waals surface area contributed by atoms with Crippen LogP contribution >= 0.6 is 24.0 Å². The SMILES string of the molecule is CN=C(NCc1ccc(F)c(CN(C)C)c1)NCc1cccc(OC)c1OC1CCCC1.I. The number of aliphatic imine (C=N–C) groups is 1. The van der Waals surface area contributed by atoms with Gasteiger partial charge in [-0.05, 0) is 63.5 Å². The number of methoxy groups -OCH3 is 1. The maximum absolute atomic E-state index is 14.0. The normalized spacial score (nSPS) is 14.2. The first-order valence-corrected chi connectivity index (χ1v) is 11.2. The molecule has 6 nitrogen and oxygen atoms in total. The standard InChI is InChI=1S/C25H35FN4O2.HI/c1-27-25(28-15-18-12-13-22(26)20(14-18)17-30(2)3)29-16-19-8-7-11-23(31-4)24(19)32-21-9-5-6-10-21;/h7-8,11-14,21H,5-6,9-10,15-17H2,1-4H3,(H2,27,28,29);1H. The van der Waals surface area contributed by atoms with Crippen molar-refractivity contribution in [2.75, 3.05) is 28.3 Å². The highest BCUT2D eigenvalue weighted by Crippen LogP contribution is 2.34. The minimum absolute atomic E-state index is 0. The second-order valence-electron chi connectivity index (χ2n) is 8.42. The fourth-order valence-corrected chi connectivity index (χ4v) is 3.95. The molecule has 2 aromatic rings. The van der Waals surface area contributed by atoms with Crippen LogP contribution in [0.15, 0.2) is 41.4 Å². The molecule has 0 bridgehead atoms. The molecular formula is C25H36FIN4O2. The molecule has 3 rings (SSSR count). The van der Waals surface area contributed by atoms with Crippen LogP contribution in [0.4, 0.5) is 4.39 Å². The Balaban J connectivity index is 0.00000385. The highest BCUT2D eigenvalue weighted by Gasteiger charge is 2.20. The smallest absolute Gasteiger partial charge is 0.191 e. The first-order valence-electron chi connectivity index (χ1n) is 11.2. The summed E-state index contributed by atoms with van der Waals surface area (Å²) in [6.07, 6.45) is 4.84. The second kappa shape index (κ2) is 13.6. The summed E-state index contributed by atoms with van der Waals surface area (Å²) in [7, 11) is 7.26. The van der Waals surface area contributed by atoms with E-state index in [1.54, 1.807) is 20.2 Å². The lowest BCUT2D eigenvalue weighted by atomic mass is 10.1.